The number of thiophene rings is 1. The molecule has 6 heteroatoms. The van der Waals surface area contributed by atoms with Gasteiger partial charge in [0.2, 0.25) is 0 Å². The minimum atomic E-state index is -0.166. The van der Waals surface area contributed by atoms with Crippen LogP contribution in [-0.2, 0) is 6.54 Å². The van der Waals surface area contributed by atoms with E-state index in [1.165, 1.54) is 40.6 Å². The molecule has 0 radical (unpaired) electrons. The first-order valence-corrected chi connectivity index (χ1v) is 11.1. The van der Waals surface area contributed by atoms with Gasteiger partial charge >= 0.3 is 0 Å². The second-order valence-electron chi connectivity index (χ2n) is 8.18. The summed E-state index contributed by atoms with van der Waals surface area (Å²) in [4.78, 5) is 31.5. The molecule has 152 valence electrons. The third-order valence-electron chi connectivity index (χ3n) is 5.93. The average molecular weight is 418 g/mol. The van der Waals surface area contributed by atoms with Crippen molar-refractivity contribution in [3.8, 4) is 11.1 Å². The fraction of sp³-hybridized carbons (Fsp3) is 0.292. The van der Waals surface area contributed by atoms with Gasteiger partial charge in [0.1, 0.15) is 4.83 Å². The van der Waals surface area contributed by atoms with Crippen molar-refractivity contribution in [2.75, 3.05) is 0 Å². The maximum Gasteiger partial charge on any atom is 0.263 e. The zero-order valence-electron chi connectivity index (χ0n) is 17.3. The van der Waals surface area contributed by atoms with E-state index in [1.54, 1.807) is 0 Å². The predicted molar refractivity (Wildman–Crippen MR) is 121 cm³/mol. The van der Waals surface area contributed by atoms with Gasteiger partial charge in [0.05, 0.1) is 18.3 Å². The lowest BCUT2D eigenvalue weighted by Gasteiger charge is -2.08. The van der Waals surface area contributed by atoms with Crippen LogP contribution in [0.3, 0.4) is 0 Å². The lowest BCUT2D eigenvalue weighted by Crippen LogP contribution is -2.24. The minimum Gasteiger partial charge on any atom is -0.345 e. The van der Waals surface area contributed by atoms with Crippen LogP contribution in [0.5, 0.6) is 0 Å². The molecular weight excluding hydrogens is 394 g/mol. The van der Waals surface area contributed by atoms with E-state index in [0.717, 1.165) is 22.5 Å². The molecule has 0 saturated heterocycles. The second-order valence-corrected chi connectivity index (χ2v) is 9.04. The molecule has 1 aliphatic carbocycles. The van der Waals surface area contributed by atoms with Crippen LogP contribution >= 0.6 is 11.3 Å². The first-order chi connectivity index (χ1) is 14.4. The summed E-state index contributed by atoms with van der Waals surface area (Å²) in [5.74, 6) is -0.0506. The number of rotatable bonds is 5. The smallest absolute Gasteiger partial charge is 0.263 e. The van der Waals surface area contributed by atoms with Gasteiger partial charge < -0.3 is 4.57 Å². The molecule has 0 amide bonds. The molecule has 0 unspecified atom stereocenters. The van der Waals surface area contributed by atoms with Crippen molar-refractivity contribution < 1.29 is 4.79 Å². The first-order valence-electron chi connectivity index (χ1n) is 10.2. The first kappa shape index (κ1) is 19.0. The lowest BCUT2D eigenvalue weighted by atomic mass is 10.1. The van der Waals surface area contributed by atoms with Crippen molar-refractivity contribution in [2.45, 2.75) is 46.2 Å². The number of carbonyl (C=O) groups excluding carboxylic acids is 1. The standard InChI is InChI=1S/C24H23N3O2S/c1-14-4-6-17(7-5-14)20-12-30-23-22(20)24(29)26(13-25-23)11-21(28)19-10-15(2)27(16(19)3)18-8-9-18/h4-7,10,12-13,18H,8-9,11H2,1-3H3. The van der Waals surface area contributed by atoms with Gasteiger partial charge in [-0.25, -0.2) is 4.98 Å². The van der Waals surface area contributed by atoms with Crippen LogP contribution in [0.4, 0.5) is 0 Å². The topological polar surface area (TPSA) is 56.9 Å². The Morgan fingerprint density at radius 2 is 1.90 bits per heavy atom. The predicted octanol–water partition coefficient (Wildman–Crippen LogP) is 5.07. The van der Waals surface area contributed by atoms with Crippen LogP contribution in [0.15, 0.2) is 46.8 Å². The molecule has 1 aliphatic rings. The normalized spacial score (nSPS) is 13.8. The Balaban J connectivity index is 1.52. The third kappa shape index (κ3) is 3.12. The quantitative estimate of drug-likeness (QED) is 0.426. The molecule has 30 heavy (non-hydrogen) atoms. The summed E-state index contributed by atoms with van der Waals surface area (Å²) in [6, 6.07) is 10.6. The summed E-state index contributed by atoms with van der Waals surface area (Å²) in [5.41, 5.74) is 5.68. The number of Topliss-reactive ketones (excluding diaryl/α,β-unsaturated/α-hetero) is 1. The summed E-state index contributed by atoms with van der Waals surface area (Å²) >= 11 is 1.46. The van der Waals surface area contributed by atoms with Gasteiger partial charge in [0.15, 0.2) is 5.78 Å². The molecular formula is C24H23N3O2S. The molecule has 0 spiro atoms. The highest BCUT2D eigenvalue weighted by Gasteiger charge is 2.28. The highest BCUT2D eigenvalue weighted by atomic mass is 32.1. The molecule has 0 bridgehead atoms. The molecule has 1 saturated carbocycles. The van der Waals surface area contributed by atoms with Gasteiger partial charge in [0.25, 0.3) is 5.56 Å². The van der Waals surface area contributed by atoms with Crippen LogP contribution in [0, 0.1) is 20.8 Å². The van der Waals surface area contributed by atoms with E-state index in [4.69, 9.17) is 0 Å². The van der Waals surface area contributed by atoms with Gasteiger partial charge in [0, 0.05) is 33.9 Å². The SMILES string of the molecule is Cc1ccc(-c2csc3ncn(CC(=O)c4cc(C)n(C5CC5)c4C)c(=O)c23)cc1. The molecule has 1 aromatic carbocycles. The number of fused-ring (bicyclic) bond motifs is 1. The number of ketones is 1. The van der Waals surface area contributed by atoms with Crippen LogP contribution in [0.25, 0.3) is 21.3 Å². The van der Waals surface area contributed by atoms with Crippen molar-refractivity contribution in [3.05, 3.63) is 74.9 Å². The zero-order chi connectivity index (χ0) is 21.0. The second kappa shape index (κ2) is 7.06. The molecule has 1 fully saturated rings. The largest absolute Gasteiger partial charge is 0.345 e. The van der Waals surface area contributed by atoms with Crippen molar-refractivity contribution in [1.29, 1.82) is 0 Å². The Kier molecular flexibility index (Phi) is 4.47. The van der Waals surface area contributed by atoms with Gasteiger partial charge in [-0.3, -0.25) is 14.2 Å². The Bertz CT molecular complexity index is 1340. The Morgan fingerprint density at radius 1 is 1.17 bits per heavy atom. The lowest BCUT2D eigenvalue weighted by molar-refractivity contribution is 0.0970. The monoisotopic (exact) mass is 417 g/mol. The van der Waals surface area contributed by atoms with Crippen LogP contribution in [0.1, 0.15) is 46.2 Å². The fourth-order valence-corrected chi connectivity index (χ4v) is 5.13. The van der Waals surface area contributed by atoms with Crippen molar-refractivity contribution >= 4 is 27.3 Å². The van der Waals surface area contributed by atoms with Crippen LogP contribution < -0.4 is 5.56 Å². The summed E-state index contributed by atoms with van der Waals surface area (Å²) in [6.45, 7) is 6.08. The molecule has 0 aliphatic heterocycles. The van der Waals surface area contributed by atoms with Crippen molar-refractivity contribution in [3.63, 3.8) is 0 Å². The average Bonchev–Trinajstić information content (AvgIpc) is 3.38. The number of nitrogens with zero attached hydrogens (tertiary/aromatic N) is 3. The van der Waals surface area contributed by atoms with Crippen molar-refractivity contribution in [1.82, 2.24) is 14.1 Å². The summed E-state index contributed by atoms with van der Waals surface area (Å²) < 4.78 is 3.70. The third-order valence-corrected chi connectivity index (χ3v) is 6.82. The Morgan fingerprint density at radius 3 is 2.60 bits per heavy atom. The van der Waals surface area contributed by atoms with E-state index in [0.29, 0.717) is 21.8 Å². The van der Waals surface area contributed by atoms with Gasteiger partial charge in [-0.15, -0.1) is 11.3 Å². The highest BCUT2D eigenvalue weighted by Crippen LogP contribution is 2.38. The number of carbonyl (C=O) groups is 1. The molecule has 3 aromatic heterocycles. The fourth-order valence-electron chi connectivity index (χ4n) is 4.22. The number of aryl methyl sites for hydroxylation is 2. The molecule has 0 atom stereocenters. The Hall–Kier alpha value is -2.99. The number of benzene rings is 1. The molecule has 5 nitrogen and oxygen atoms in total. The summed E-state index contributed by atoms with van der Waals surface area (Å²) in [5, 5.41) is 2.56. The molecule has 0 N–H and O–H groups in total. The zero-order valence-corrected chi connectivity index (χ0v) is 18.1. The van der Waals surface area contributed by atoms with Gasteiger partial charge in [-0.05, 0) is 45.2 Å². The van der Waals surface area contributed by atoms with Crippen LogP contribution in [0.2, 0.25) is 0 Å². The molecule has 3 heterocycles. The van der Waals surface area contributed by atoms with Gasteiger partial charge in [-0.2, -0.15) is 0 Å². The van der Waals surface area contributed by atoms with E-state index in [9.17, 15) is 9.59 Å². The maximum atomic E-state index is 13.3. The summed E-state index contributed by atoms with van der Waals surface area (Å²) in [6.07, 6.45) is 3.84. The number of hydrogen-bond donors (Lipinski definition) is 0. The van der Waals surface area contributed by atoms with E-state index in [1.807, 2.05) is 56.5 Å². The minimum absolute atomic E-state index is 0.0000815. The van der Waals surface area contributed by atoms with E-state index < -0.39 is 0 Å². The number of aromatic nitrogens is 3. The van der Waals surface area contributed by atoms with E-state index in [2.05, 4.69) is 9.55 Å². The molecule has 5 rings (SSSR count). The Labute approximate surface area is 178 Å². The highest BCUT2D eigenvalue weighted by molar-refractivity contribution is 7.17. The number of hydrogen-bond acceptors (Lipinski definition) is 4. The van der Waals surface area contributed by atoms with Crippen molar-refractivity contribution in [2.24, 2.45) is 0 Å². The van der Waals surface area contributed by atoms with E-state index in [-0.39, 0.29) is 17.9 Å². The summed E-state index contributed by atoms with van der Waals surface area (Å²) in [7, 11) is 0. The molecule has 4 aromatic rings. The van der Waals surface area contributed by atoms with Crippen LogP contribution in [-0.4, -0.2) is 19.9 Å². The van der Waals surface area contributed by atoms with Gasteiger partial charge in [-0.1, -0.05) is 29.8 Å². The maximum absolute atomic E-state index is 13.3. The van der Waals surface area contributed by atoms with E-state index >= 15 is 0 Å².